The smallest absolute Gasteiger partial charge is 0.357 e. The second kappa shape index (κ2) is 9.42. The zero-order chi connectivity index (χ0) is 25.7. The summed E-state index contributed by atoms with van der Waals surface area (Å²) in [6, 6.07) is 3.16. The lowest BCUT2D eigenvalue weighted by atomic mass is 9.81. The molecule has 3 aromatic heterocycles. The minimum Gasteiger partial charge on any atom is -0.461 e. The number of anilines is 4. The van der Waals surface area contributed by atoms with Crippen LogP contribution < -0.4 is 21.3 Å². The van der Waals surface area contributed by atoms with Crippen molar-refractivity contribution < 1.29 is 13.9 Å². The molecule has 1 saturated carbocycles. The van der Waals surface area contributed by atoms with E-state index in [9.17, 15) is 9.18 Å². The van der Waals surface area contributed by atoms with Crippen LogP contribution in [0.3, 0.4) is 0 Å². The van der Waals surface area contributed by atoms with E-state index < -0.39 is 5.97 Å². The van der Waals surface area contributed by atoms with Crippen molar-refractivity contribution in [2.45, 2.75) is 32.2 Å². The number of aromatic amines is 1. The molecular weight excluding hydrogens is 495 g/mol. The summed E-state index contributed by atoms with van der Waals surface area (Å²) >= 11 is 1.27. The van der Waals surface area contributed by atoms with E-state index in [1.54, 1.807) is 19.4 Å². The third-order valence-electron chi connectivity index (χ3n) is 7.37. The average molecular weight is 525 g/mol. The molecule has 5 N–H and O–H groups in total. The van der Waals surface area contributed by atoms with Crippen LogP contribution in [0.25, 0.3) is 21.9 Å². The van der Waals surface area contributed by atoms with E-state index in [1.165, 1.54) is 23.5 Å². The average Bonchev–Trinajstić information content (AvgIpc) is 3.38. The number of thiazole rings is 1. The predicted octanol–water partition coefficient (Wildman–Crippen LogP) is 4.23. The van der Waals surface area contributed by atoms with Crippen LogP contribution in [-0.2, 0) is 4.74 Å². The fourth-order valence-corrected chi connectivity index (χ4v) is 6.32. The number of carbonyl (C=O) groups is 1. The lowest BCUT2D eigenvalue weighted by Gasteiger charge is -2.28. The van der Waals surface area contributed by atoms with Crippen LogP contribution in [0.5, 0.6) is 0 Å². The Kier molecular flexibility index (Phi) is 6.07. The molecule has 3 unspecified atom stereocenters. The highest BCUT2D eigenvalue weighted by Crippen LogP contribution is 2.40. The molecule has 7 rings (SSSR count). The molecule has 1 aliphatic carbocycles. The number of nitrogens with two attached hydrogens (primary N) is 1. The summed E-state index contributed by atoms with van der Waals surface area (Å²) in [5, 5.41) is 9.84. The van der Waals surface area contributed by atoms with Gasteiger partial charge in [-0.2, -0.15) is 9.97 Å². The molecule has 2 aliphatic heterocycles. The van der Waals surface area contributed by atoms with Gasteiger partial charge in [-0.15, -0.1) is 11.3 Å². The number of benzene rings is 1. The highest BCUT2D eigenvalue weighted by Gasteiger charge is 2.36. The molecule has 12 heteroatoms. The summed E-state index contributed by atoms with van der Waals surface area (Å²) in [7, 11) is 1.76. The summed E-state index contributed by atoms with van der Waals surface area (Å²) in [4.78, 5) is 31.7. The molecule has 194 valence electrons. The number of ether oxygens (including phenoxy) is 1. The quantitative estimate of drug-likeness (QED) is 0.273. The zero-order valence-electron chi connectivity index (χ0n) is 20.7. The maximum atomic E-state index is 14.6. The molecule has 5 heterocycles. The first-order chi connectivity index (χ1) is 17.9. The van der Waals surface area contributed by atoms with Crippen LogP contribution in [0.4, 0.5) is 27.0 Å². The van der Waals surface area contributed by atoms with Crippen molar-refractivity contribution in [2.75, 3.05) is 42.3 Å². The number of fused-ring (bicyclic) bond motifs is 7. The Labute approximate surface area is 216 Å². The van der Waals surface area contributed by atoms with Gasteiger partial charge in [-0.1, -0.05) is 0 Å². The van der Waals surface area contributed by atoms with Crippen LogP contribution in [0, 0.1) is 17.7 Å². The topological polar surface area (TPSA) is 134 Å². The normalized spacial score (nSPS) is 21.4. The van der Waals surface area contributed by atoms with Gasteiger partial charge < -0.3 is 25.7 Å². The zero-order valence-corrected chi connectivity index (χ0v) is 21.5. The number of rotatable bonds is 6. The van der Waals surface area contributed by atoms with E-state index in [-0.39, 0.29) is 24.2 Å². The Morgan fingerprint density at radius 1 is 1.30 bits per heavy atom. The molecule has 0 spiro atoms. The number of carbonyl (C=O) groups excluding carboxylic acids is 1. The SMILES string of the molecule is CCOC(=O)c1csc(Nc2nc(N3CC4CCC(C3)C(N)C4)c3c(n2)[nH]c2c(NC)cc(F)cc23)n1. The Morgan fingerprint density at radius 2 is 2.16 bits per heavy atom. The maximum absolute atomic E-state index is 14.6. The van der Waals surface area contributed by atoms with Crippen molar-refractivity contribution in [3.8, 4) is 0 Å². The highest BCUT2D eigenvalue weighted by atomic mass is 32.1. The first kappa shape index (κ1) is 23.9. The van der Waals surface area contributed by atoms with Gasteiger partial charge in [-0.25, -0.2) is 14.2 Å². The van der Waals surface area contributed by atoms with Crippen LogP contribution in [0.15, 0.2) is 17.5 Å². The van der Waals surface area contributed by atoms with E-state index >= 15 is 0 Å². The number of nitrogens with one attached hydrogen (secondary N) is 3. The lowest BCUT2D eigenvalue weighted by Crippen LogP contribution is -2.37. The van der Waals surface area contributed by atoms with Crippen molar-refractivity contribution in [1.29, 1.82) is 0 Å². The van der Waals surface area contributed by atoms with Crippen molar-refractivity contribution in [3.05, 3.63) is 29.0 Å². The van der Waals surface area contributed by atoms with Gasteiger partial charge in [0.2, 0.25) is 5.95 Å². The predicted molar refractivity (Wildman–Crippen MR) is 143 cm³/mol. The van der Waals surface area contributed by atoms with Gasteiger partial charge in [-0.3, -0.25) is 5.32 Å². The fourth-order valence-electron chi connectivity index (χ4n) is 5.65. The monoisotopic (exact) mass is 524 g/mol. The summed E-state index contributed by atoms with van der Waals surface area (Å²) in [5.41, 5.74) is 8.73. The molecule has 37 heavy (non-hydrogen) atoms. The highest BCUT2D eigenvalue weighted by molar-refractivity contribution is 7.14. The third kappa shape index (κ3) is 4.33. The molecule has 3 aliphatic rings. The molecule has 4 aromatic rings. The maximum Gasteiger partial charge on any atom is 0.357 e. The first-order valence-corrected chi connectivity index (χ1v) is 13.4. The number of hydrogen-bond donors (Lipinski definition) is 4. The van der Waals surface area contributed by atoms with Crippen molar-refractivity contribution in [1.82, 2.24) is 19.9 Å². The van der Waals surface area contributed by atoms with E-state index in [0.29, 0.717) is 34.3 Å². The summed E-state index contributed by atoms with van der Waals surface area (Å²) in [5.74, 6) is 1.12. The molecule has 10 nitrogen and oxygen atoms in total. The molecule has 3 atom stereocenters. The molecular formula is C25H29FN8O2S. The van der Waals surface area contributed by atoms with Crippen LogP contribution in [-0.4, -0.2) is 58.7 Å². The second-order valence-electron chi connectivity index (χ2n) is 9.74. The van der Waals surface area contributed by atoms with Gasteiger partial charge in [0.05, 0.1) is 23.2 Å². The molecule has 3 fully saturated rings. The standard InChI is InChI=1S/C25H29FN8O2S/c1-3-36-23(35)18-11-37-25(29-18)33-24-31-21-19(15-7-14(26)8-17(28-2)20(15)30-21)22(32-24)34-9-12-4-5-13(10-34)16(27)6-12/h7-8,11-13,16,28H,3-6,9-10,27H2,1-2H3,(H2,29,30,31,32,33). The molecule has 0 radical (unpaired) electrons. The first-order valence-electron chi connectivity index (χ1n) is 12.5. The van der Waals surface area contributed by atoms with Gasteiger partial charge in [0, 0.05) is 36.9 Å². The van der Waals surface area contributed by atoms with Crippen LogP contribution in [0.1, 0.15) is 36.7 Å². The van der Waals surface area contributed by atoms with Gasteiger partial charge in [0.15, 0.2) is 10.8 Å². The molecule has 2 bridgehead atoms. The summed E-state index contributed by atoms with van der Waals surface area (Å²) < 4.78 is 19.7. The molecule has 0 amide bonds. The molecule has 1 aromatic carbocycles. The van der Waals surface area contributed by atoms with Crippen molar-refractivity contribution >= 4 is 61.8 Å². The van der Waals surface area contributed by atoms with E-state index in [1.807, 2.05) is 0 Å². The largest absolute Gasteiger partial charge is 0.461 e. The number of halogens is 1. The Morgan fingerprint density at radius 3 is 2.95 bits per heavy atom. The van der Waals surface area contributed by atoms with Crippen molar-refractivity contribution in [2.24, 2.45) is 17.6 Å². The Balaban J connectivity index is 1.47. The van der Waals surface area contributed by atoms with Crippen molar-refractivity contribution in [3.63, 3.8) is 0 Å². The van der Waals surface area contributed by atoms with Gasteiger partial charge in [-0.05, 0) is 50.2 Å². The fraction of sp³-hybridized carbons (Fsp3) is 0.440. The van der Waals surface area contributed by atoms with E-state index in [0.717, 1.165) is 54.5 Å². The summed E-state index contributed by atoms with van der Waals surface area (Å²) in [6.07, 6.45) is 3.25. The minimum atomic E-state index is -0.475. The molecule has 2 saturated heterocycles. The van der Waals surface area contributed by atoms with Gasteiger partial charge in [0.25, 0.3) is 0 Å². The lowest BCUT2D eigenvalue weighted by molar-refractivity contribution is 0.0520. The van der Waals surface area contributed by atoms with Gasteiger partial charge >= 0.3 is 5.97 Å². The number of hydrogen-bond acceptors (Lipinski definition) is 10. The Hall–Kier alpha value is -3.51. The number of esters is 1. The van der Waals surface area contributed by atoms with Crippen LogP contribution in [0.2, 0.25) is 0 Å². The van der Waals surface area contributed by atoms with E-state index in [2.05, 4.69) is 25.5 Å². The number of aromatic nitrogens is 4. The number of H-pyrrole nitrogens is 1. The van der Waals surface area contributed by atoms with Crippen LogP contribution >= 0.6 is 11.3 Å². The Bertz CT molecular complexity index is 1490. The van der Waals surface area contributed by atoms with Gasteiger partial charge in [0.1, 0.15) is 17.3 Å². The minimum absolute atomic E-state index is 0.173. The summed E-state index contributed by atoms with van der Waals surface area (Å²) in [6.45, 7) is 3.65. The second-order valence-corrected chi connectivity index (χ2v) is 10.6. The van der Waals surface area contributed by atoms with E-state index in [4.69, 9.17) is 20.4 Å². The third-order valence-corrected chi connectivity index (χ3v) is 8.13. The number of nitrogens with zero attached hydrogens (tertiary/aromatic N) is 4.